The summed E-state index contributed by atoms with van der Waals surface area (Å²) >= 11 is 1.73. The lowest BCUT2D eigenvalue weighted by molar-refractivity contribution is -0.154. The molecular formula is C14H21F3N4OS. The molecule has 0 atom stereocenters. The minimum Gasteiger partial charge on any atom is -0.468 e. The SMILES string of the molecule is CCNC(=NCc1ccc(OCC(F)(F)F)nc1)NCCSC. The molecule has 0 saturated carbocycles. The number of pyridine rings is 1. The van der Waals surface area contributed by atoms with Gasteiger partial charge in [-0.25, -0.2) is 9.98 Å². The summed E-state index contributed by atoms with van der Waals surface area (Å²) in [6.07, 6.45) is -0.881. The Morgan fingerprint density at radius 3 is 2.70 bits per heavy atom. The predicted octanol–water partition coefficient (Wildman–Crippen LogP) is 2.44. The number of hydrogen-bond acceptors (Lipinski definition) is 4. The lowest BCUT2D eigenvalue weighted by Gasteiger charge is -2.11. The standard InChI is InChI=1S/C14H21F3N4OS/c1-3-18-13(19-6-7-23-2)21-9-11-4-5-12(20-8-11)22-10-14(15,16)17/h4-5,8H,3,6-7,9-10H2,1-2H3,(H2,18,19,21). The van der Waals surface area contributed by atoms with Gasteiger partial charge in [-0.2, -0.15) is 24.9 Å². The summed E-state index contributed by atoms with van der Waals surface area (Å²) in [5.74, 6) is 1.61. The molecule has 0 unspecified atom stereocenters. The molecular weight excluding hydrogens is 329 g/mol. The minimum absolute atomic E-state index is 0.0555. The van der Waals surface area contributed by atoms with E-state index in [1.54, 1.807) is 17.8 Å². The Labute approximate surface area is 138 Å². The molecule has 2 N–H and O–H groups in total. The van der Waals surface area contributed by atoms with Crippen molar-refractivity contribution in [3.63, 3.8) is 0 Å². The number of hydrogen-bond donors (Lipinski definition) is 2. The molecule has 1 rings (SSSR count). The second kappa shape index (κ2) is 10.2. The highest BCUT2D eigenvalue weighted by atomic mass is 32.2. The largest absolute Gasteiger partial charge is 0.468 e. The van der Waals surface area contributed by atoms with Crippen LogP contribution in [0.2, 0.25) is 0 Å². The van der Waals surface area contributed by atoms with E-state index < -0.39 is 12.8 Å². The summed E-state index contributed by atoms with van der Waals surface area (Å²) in [5.41, 5.74) is 0.784. The maximum atomic E-state index is 12.0. The van der Waals surface area contributed by atoms with Crippen LogP contribution in [0.15, 0.2) is 23.3 Å². The fraction of sp³-hybridized carbons (Fsp3) is 0.571. The van der Waals surface area contributed by atoms with Crippen LogP contribution in [0.3, 0.4) is 0 Å². The first-order chi connectivity index (χ1) is 10.9. The third-order valence-corrected chi connectivity index (χ3v) is 3.16. The lowest BCUT2D eigenvalue weighted by atomic mass is 10.3. The van der Waals surface area contributed by atoms with Crippen LogP contribution in [-0.4, -0.2) is 48.8 Å². The summed E-state index contributed by atoms with van der Waals surface area (Å²) in [7, 11) is 0. The zero-order valence-corrected chi connectivity index (χ0v) is 13.9. The maximum Gasteiger partial charge on any atom is 0.422 e. The normalized spacial score (nSPS) is 12.1. The number of halogens is 3. The molecule has 0 fully saturated rings. The van der Waals surface area contributed by atoms with Crippen molar-refractivity contribution in [2.45, 2.75) is 19.6 Å². The maximum absolute atomic E-state index is 12.0. The van der Waals surface area contributed by atoms with Crippen molar-refractivity contribution in [1.82, 2.24) is 15.6 Å². The van der Waals surface area contributed by atoms with Gasteiger partial charge in [0.1, 0.15) is 0 Å². The van der Waals surface area contributed by atoms with E-state index in [0.717, 1.165) is 24.4 Å². The Bertz CT molecular complexity index is 480. The number of aliphatic imine (C=N–C) groups is 1. The van der Waals surface area contributed by atoms with E-state index >= 15 is 0 Å². The van der Waals surface area contributed by atoms with E-state index in [4.69, 9.17) is 0 Å². The summed E-state index contributed by atoms with van der Waals surface area (Å²) in [5, 5.41) is 6.31. The number of rotatable bonds is 8. The van der Waals surface area contributed by atoms with Gasteiger partial charge in [0.25, 0.3) is 0 Å². The van der Waals surface area contributed by atoms with Crippen molar-refractivity contribution in [3.05, 3.63) is 23.9 Å². The van der Waals surface area contributed by atoms with Crippen molar-refractivity contribution in [2.24, 2.45) is 4.99 Å². The average molecular weight is 350 g/mol. The molecule has 130 valence electrons. The molecule has 0 spiro atoms. The molecule has 0 aromatic carbocycles. The van der Waals surface area contributed by atoms with Gasteiger partial charge in [0.15, 0.2) is 12.6 Å². The first-order valence-electron chi connectivity index (χ1n) is 7.10. The van der Waals surface area contributed by atoms with Gasteiger partial charge < -0.3 is 15.4 Å². The van der Waals surface area contributed by atoms with Crippen LogP contribution >= 0.6 is 11.8 Å². The van der Waals surface area contributed by atoms with Crippen molar-refractivity contribution >= 4 is 17.7 Å². The molecule has 0 aliphatic rings. The number of alkyl halides is 3. The molecule has 1 heterocycles. The van der Waals surface area contributed by atoms with Crippen LogP contribution in [0.25, 0.3) is 0 Å². The summed E-state index contributed by atoms with van der Waals surface area (Å²) in [4.78, 5) is 8.24. The Balaban J connectivity index is 2.53. The monoisotopic (exact) mass is 350 g/mol. The first-order valence-corrected chi connectivity index (χ1v) is 8.49. The van der Waals surface area contributed by atoms with Crippen LogP contribution in [0.1, 0.15) is 12.5 Å². The lowest BCUT2D eigenvalue weighted by Crippen LogP contribution is -2.38. The molecule has 1 aromatic heterocycles. The number of thioether (sulfide) groups is 1. The van der Waals surface area contributed by atoms with Crippen LogP contribution in [-0.2, 0) is 6.54 Å². The zero-order valence-electron chi connectivity index (χ0n) is 13.1. The highest BCUT2D eigenvalue weighted by molar-refractivity contribution is 7.98. The van der Waals surface area contributed by atoms with E-state index in [1.807, 2.05) is 13.2 Å². The topological polar surface area (TPSA) is 58.5 Å². The summed E-state index contributed by atoms with van der Waals surface area (Å²) in [6, 6.07) is 3.05. The van der Waals surface area contributed by atoms with Gasteiger partial charge in [-0.05, 0) is 18.7 Å². The van der Waals surface area contributed by atoms with Crippen molar-refractivity contribution < 1.29 is 17.9 Å². The van der Waals surface area contributed by atoms with Crippen LogP contribution < -0.4 is 15.4 Å². The molecule has 0 radical (unpaired) electrons. The highest BCUT2D eigenvalue weighted by Crippen LogP contribution is 2.17. The number of guanidine groups is 1. The third kappa shape index (κ3) is 9.17. The van der Waals surface area contributed by atoms with Gasteiger partial charge >= 0.3 is 6.18 Å². The van der Waals surface area contributed by atoms with Crippen molar-refractivity contribution in [2.75, 3.05) is 31.7 Å². The van der Waals surface area contributed by atoms with Gasteiger partial charge in [0.2, 0.25) is 5.88 Å². The number of aromatic nitrogens is 1. The summed E-state index contributed by atoms with van der Waals surface area (Å²) in [6.45, 7) is 2.55. The van der Waals surface area contributed by atoms with Crippen molar-refractivity contribution in [3.8, 4) is 5.88 Å². The Morgan fingerprint density at radius 1 is 1.35 bits per heavy atom. The fourth-order valence-electron chi connectivity index (χ4n) is 1.53. The molecule has 0 bridgehead atoms. The predicted molar refractivity (Wildman–Crippen MR) is 87.0 cm³/mol. The van der Waals surface area contributed by atoms with Gasteiger partial charge in [0.05, 0.1) is 6.54 Å². The van der Waals surface area contributed by atoms with Gasteiger partial charge in [-0.15, -0.1) is 0 Å². The molecule has 5 nitrogen and oxygen atoms in total. The number of ether oxygens (including phenoxy) is 1. The molecule has 1 aromatic rings. The van der Waals surface area contributed by atoms with Crippen molar-refractivity contribution in [1.29, 1.82) is 0 Å². The van der Waals surface area contributed by atoms with E-state index in [-0.39, 0.29) is 5.88 Å². The molecule has 9 heteroatoms. The Morgan fingerprint density at radius 2 is 2.13 bits per heavy atom. The molecule has 23 heavy (non-hydrogen) atoms. The second-order valence-corrected chi connectivity index (χ2v) is 5.51. The Kier molecular flexibility index (Phi) is 8.60. The molecule has 0 saturated heterocycles. The van der Waals surface area contributed by atoms with E-state index in [9.17, 15) is 13.2 Å². The summed E-state index contributed by atoms with van der Waals surface area (Å²) < 4.78 is 40.7. The molecule has 0 aliphatic carbocycles. The first kappa shape index (κ1) is 19.4. The Hall–Kier alpha value is -1.64. The van der Waals surface area contributed by atoms with E-state index in [0.29, 0.717) is 12.5 Å². The minimum atomic E-state index is -4.37. The van der Waals surface area contributed by atoms with Gasteiger partial charge in [-0.3, -0.25) is 0 Å². The average Bonchev–Trinajstić information content (AvgIpc) is 2.51. The highest BCUT2D eigenvalue weighted by Gasteiger charge is 2.28. The second-order valence-electron chi connectivity index (χ2n) is 4.52. The fourth-order valence-corrected chi connectivity index (χ4v) is 1.84. The third-order valence-electron chi connectivity index (χ3n) is 2.54. The van der Waals surface area contributed by atoms with Crippen LogP contribution in [0, 0.1) is 0 Å². The smallest absolute Gasteiger partial charge is 0.422 e. The van der Waals surface area contributed by atoms with E-state index in [2.05, 4.69) is 25.3 Å². The quantitative estimate of drug-likeness (QED) is 0.428. The van der Waals surface area contributed by atoms with Crippen LogP contribution in [0.5, 0.6) is 5.88 Å². The van der Waals surface area contributed by atoms with Gasteiger partial charge in [-0.1, -0.05) is 6.07 Å². The molecule has 0 aliphatic heterocycles. The molecule has 0 amide bonds. The number of nitrogens with one attached hydrogen (secondary N) is 2. The van der Waals surface area contributed by atoms with Gasteiger partial charge in [0, 0.05) is 31.1 Å². The number of nitrogens with zero attached hydrogens (tertiary/aromatic N) is 2. The zero-order chi connectivity index (χ0) is 17.1. The van der Waals surface area contributed by atoms with E-state index in [1.165, 1.54) is 12.3 Å². The van der Waals surface area contributed by atoms with Crippen LogP contribution in [0.4, 0.5) is 13.2 Å².